The molecule has 236 valence electrons. The number of hydrogen-bond acceptors (Lipinski definition) is 7. The van der Waals surface area contributed by atoms with Crippen molar-refractivity contribution in [2.75, 3.05) is 51.7 Å². The summed E-state index contributed by atoms with van der Waals surface area (Å²) in [7, 11) is 1.66. The molecular formula is C35H50N2O6. The minimum atomic E-state index is -0.235. The molecule has 2 aromatic carbocycles. The van der Waals surface area contributed by atoms with E-state index in [2.05, 4.69) is 69.0 Å². The van der Waals surface area contributed by atoms with Crippen LogP contribution in [0.15, 0.2) is 36.4 Å². The van der Waals surface area contributed by atoms with E-state index in [1.807, 2.05) is 4.90 Å². The summed E-state index contributed by atoms with van der Waals surface area (Å²) in [5.41, 5.74) is 3.26. The van der Waals surface area contributed by atoms with Crippen LogP contribution in [0.4, 0.5) is 5.69 Å². The molecule has 2 atom stereocenters. The van der Waals surface area contributed by atoms with E-state index in [0.29, 0.717) is 31.3 Å². The molecule has 3 aliphatic rings. The second-order valence-electron chi connectivity index (χ2n) is 12.9. The zero-order valence-corrected chi connectivity index (χ0v) is 26.7. The second-order valence-corrected chi connectivity index (χ2v) is 12.9. The highest BCUT2D eigenvalue weighted by atomic mass is 16.7. The molecule has 3 aliphatic heterocycles. The van der Waals surface area contributed by atoms with Crippen LogP contribution in [0, 0.1) is 5.41 Å². The molecule has 8 nitrogen and oxygen atoms in total. The fourth-order valence-electron chi connectivity index (χ4n) is 6.76. The Balaban J connectivity index is 1.39. The first-order valence-electron chi connectivity index (χ1n) is 16.2. The molecule has 3 heterocycles. The molecule has 1 amide bonds. The summed E-state index contributed by atoms with van der Waals surface area (Å²) in [6, 6.07) is 12.9. The third-order valence-corrected chi connectivity index (χ3v) is 9.12. The summed E-state index contributed by atoms with van der Waals surface area (Å²) >= 11 is 0. The van der Waals surface area contributed by atoms with Crippen LogP contribution in [0.1, 0.15) is 83.3 Å². The van der Waals surface area contributed by atoms with Crippen LogP contribution in [0.2, 0.25) is 0 Å². The van der Waals surface area contributed by atoms with Crippen LogP contribution < -0.4 is 19.1 Å². The maximum atomic E-state index is 14.2. The lowest BCUT2D eigenvalue weighted by atomic mass is 9.82. The van der Waals surface area contributed by atoms with Crippen LogP contribution in [0.5, 0.6) is 17.2 Å². The number of rotatable bonds is 14. The van der Waals surface area contributed by atoms with E-state index in [1.54, 1.807) is 7.11 Å². The Morgan fingerprint density at radius 2 is 1.86 bits per heavy atom. The zero-order chi connectivity index (χ0) is 30.4. The molecule has 2 fully saturated rings. The number of anilines is 1. The van der Waals surface area contributed by atoms with Crippen molar-refractivity contribution in [3.63, 3.8) is 0 Å². The molecule has 8 heteroatoms. The minimum Gasteiger partial charge on any atom is -0.493 e. The highest BCUT2D eigenvalue weighted by molar-refractivity contribution is 5.95. The van der Waals surface area contributed by atoms with Crippen molar-refractivity contribution in [1.29, 1.82) is 0 Å². The Hall–Kier alpha value is -2.81. The van der Waals surface area contributed by atoms with Gasteiger partial charge in [0.15, 0.2) is 17.8 Å². The van der Waals surface area contributed by atoms with E-state index < -0.39 is 0 Å². The number of unbranched alkanes of at least 4 members (excludes halogenated alkanes) is 2. The largest absolute Gasteiger partial charge is 0.493 e. The van der Waals surface area contributed by atoms with Gasteiger partial charge in [0.1, 0.15) is 0 Å². The molecule has 0 bridgehead atoms. The molecule has 0 spiro atoms. The molecule has 1 unspecified atom stereocenters. The highest BCUT2D eigenvalue weighted by Crippen LogP contribution is 2.46. The smallest absolute Gasteiger partial charge is 0.241 e. The normalized spacial score (nSPS) is 20.6. The van der Waals surface area contributed by atoms with Gasteiger partial charge in [-0.2, -0.15) is 0 Å². The van der Waals surface area contributed by atoms with Gasteiger partial charge in [0, 0.05) is 30.2 Å². The van der Waals surface area contributed by atoms with Gasteiger partial charge >= 0.3 is 0 Å². The summed E-state index contributed by atoms with van der Waals surface area (Å²) < 4.78 is 29.0. The van der Waals surface area contributed by atoms with Crippen molar-refractivity contribution in [3.8, 4) is 17.2 Å². The molecule has 0 saturated carbocycles. The van der Waals surface area contributed by atoms with Crippen LogP contribution in [0.25, 0.3) is 0 Å². The number of ether oxygens (including phenoxy) is 5. The van der Waals surface area contributed by atoms with E-state index in [-0.39, 0.29) is 36.4 Å². The number of likely N-dealkylation sites (tertiary alicyclic amines) is 1. The van der Waals surface area contributed by atoms with E-state index >= 15 is 0 Å². The standard InChI is InChI=1S/C35H50N2O6/c1-6-8-11-25-12-10-13-28(17-25)37(14-9-7-2)32(38)23-36-22-27(18-29(36)21-35(3,4)34-40-15-16-41-34)26-19-30(39-5)33-31(20-26)42-24-43-33/h10,12-13,17,19-20,27,29,34H,6-9,11,14-16,18,21-24H2,1-5H3/t27?,29-/m1/s1. The van der Waals surface area contributed by atoms with Crippen molar-refractivity contribution < 1.29 is 28.5 Å². The van der Waals surface area contributed by atoms with Gasteiger partial charge in [-0.05, 0) is 73.4 Å². The SMILES string of the molecule is CCCCc1cccc(N(CCCC)C(=O)CN2CC(c3cc(OC)c4c(c3)OCO4)C[C@@H]2CC(C)(C)C2OCCO2)c1. The zero-order valence-electron chi connectivity index (χ0n) is 26.7. The number of methoxy groups -OCH3 is 1. The van der Waals surface area contributed by atoms with Crippen molar-refractivity contribution in [3.05, 3.63) is 47.5 Å². The first-order valence-corrected chi connectivity index (χ1v) is 16.2. The predicted molar refractivity (Wildman–Crippen MR) is 168 cm³/mol. The van der Waals surface area contributed by atoms with Crippen molar-refractivity contribution >= 4 is 11.6 Å². The number of benzene rings is 2. The van der Waals surface area contributed by atoms with Gasteiger partial charge in [-0.15, -0.1) is 0 Å². The maximum Gasteiger partial charge on any atom is 0.241 e. The Morgan fingerprint density at radius 3 is 2.60 bits per heavy atom. The van der Waals surface area contributed by atoms with Gasteiger partial charge in [0.2, 0.25) is 18.4 Å². The summed E-state index contributed by atoms with van der Waals surface area (Å²) in [4.78, 5) is 18.6. The third kappa shape index (κ3) is 7.47. The number of aryl methyl sites for hydroxylation is 1. The summed E-state index contributed by atoms with van der Waals surface area (Å²) in [6.07, 6.45) is 6.91. The van der Waals surface area contributed by atoms with Crippen molar-refractivity contribution in [1.82, 2.24) is 4.90 Å². The van der Waals surface area contributed by atoms with E-state index in [0.717, 1.165) is 75.0 Å². The average Bonchev–Trinajstić information content (AvgIpc) is 3.78. The number of hydrogen-bond donors (Lipinski definition) is 0. The molecule has 2 saturated heterocycles. The lowest BCUT2D eigenvalue weighted by Crippen LogP contribution is -2.45. The highest BCUT2D eigenvalue weighted by Gasteiger charge is 2.42. The monoisotopic (exact) mass is 594 g/mol. The number of carbonyl (C=O) groups excluding carboxylic acids is 1. The van der Waals surface area contributed by atoms with E-state index in [9.17, 15) is 4.79 Å². The summed E-state index contributed by atoms with van der Waals surface area (Å²) in [6.45, 7) is 12.2. The van der Waals surface area contributed by atoms with Crippen molar-refractivity contribution in [2.45, 2.75) is 90.9 Å². The number of amides is 1. The van der Waals surface area contributed by atoms with Crippen LogP contribution in [-0.4, -0.2) is 69.9 Å². The first kappa shape index (κ1) is 31.6. The molecule has 0 aliphatic carbocycles. The Bertz CT molecular complexity index is 1230. The van der Waals surface area contributed by atoms with Gasteiger partial charge in [-0.3, -0.25) is 9.69 Å². The molecule has 5 rings (SSSR count). The lowest BCUT2D eigenvalue weighted by molar-refractivity contribution is -0.129. The van der Waals surface area contributed by atoms with E-state index in [4.69, 9.17) is 23.7 Å². The lowest BCUT2D eigenvalue weighted by Gasteiger charge is -2.36. The van der Waals surface area contributed by atoms with Gasteiger partial charge in [0.25, 0.3) is 0 Å². The summed E-state index contributed by atoms with van der Waals surface area (Å²) in [5, 5.41) is 0. The number of fused-ring (bicyclic) bond motifs is 1. The maximum absolute atomic E-state index is 14.2. The number of carbonyl (C=O) groups is 1. The summed E-state index contributed by atoms with van der Waals surface area (Å²) in [5.74, 6) is 2.46. The molecule has 0 radical (unpaired) electrons. The van der Waals surface area contributed by atoms with Crippen LogP contribution in [0.3, 0.4) is 0 Å². The van der Waals surface area contributed by atoms with Gasteiger partial charge in [-0.25, -0.2) is 0 Å². The van der Waals surface area contributed by atoms with Crippen molar-refractivity contribution in [2.24, 2.45) is 5.41 Å². The third-order valence-electron chi connectivity index (χ3n) is 9.12. The van der Waals surface area contributed by atoms with Crippen LogP contribution in [-0.2, 0) is 20.7 Å². The fraction of sp³-hybridized carbons (Fsp3) is 0.629. The second kappa shape index (κ2) is 14.3. The topological polar surface area (TPSA) is 69.7 Å². The van der Waals surface area contributed by atoms with Gasteiger partial charge in [0.05, 0.1) is 26.9 Å². The Labute approximate surface area is 257 Å². The first-order chi connectivity index (χ1) is 20.8. The van der Waals surface area contributed by atoms with Gasteiger partial charge in [-0.1, -0.05) is 52.7 Å². The quantitative estimate of drug-likeness (QED) is 0.246. The average molecular weight is 595 g/mol. The number of nitrogens with zero attached hydrogens (tertiary/aromatic N) is 2. The molecule has 2 aromatic rings. The fourth-order valence-corrected chi connectivity index (χ4v) is 6.76. The van der Waals surface area contributed by atoms with Crippen LogP contribution >= 0.6 is 0 Å². The molecule has 43 heavy (non-hydrogen) atoms. The Kier molecular flexibility index (Phi) is 10.5. The van der Waals surface area contributed by atoms with Gasteiger partial charge < -0.3 is 28.6 Å². The predicted octanol–water partition coefficient (Wildman–Crippen LogP) is 6.55. The van der Waals surface area contributed by atoms with E-state index in [1.165, 1.54) is 5.56 Å². The molecule has 0 N–H and O–H groups in total. The minimum absolute atomic E-state index is 0.154. The molecular weight excluding hydrogens is 544 g/mol. The molecule has 0 aromatic heterocycles. The Morgan fingerprint density at radius 1 is 1.07 bits per heavy atom.